The summed E-state index contributed by atoms with van der Waals surface area (Å²) in [5.41, 5.74) is 4.60. The molecule has 1 aliphatic heterocycles. The zero-order valence-electron chi connectivity index (χ0n) is 13.2. The number of nitrogens with zero attached hydrogens (tertiary/aromatic N) is 3. The summed E-state index contributed by atoms with van der Waals surface area (Å²) in [5, 5.41) is 5.78. The minimum Gasteiger partial charge on any atom is -0.298 e. The van der Waals surface area contributed by atoms with Crippen LogP contribution >= 0.6 is 0 Å². The Kier molecular flexibility index (Phi) is 3.70. The zero-order valence-corrected chi connectivity index (χ0v) is 13.2. The summed E-state index contributed by atoms with van der Waals surface area (Å²) in [7, 11) is 0. The number of amides is 2. The van der Waals surface area contributed by atoms with E-state index < -0.39 is 0 Å². The van der Waals surface area contributed by atoms with Crippen molar-refractivity contribution in [1.82, 2.24) is 10.4 Å². The molecule has 0 saturated heterocycles. The summed E-state index contributed by atoms with van der Waals surface area (Å²) >= 11 is 0. The first-order valence-electron chi connectivity index (χ1n) is 7.79. The Bertz CT molecular complexity index is 993. The van der Waals surface area contributed by atoms with E-state index in [0.717, 1.165) is 22.0 Å². The van der Waals surface area contributed by atoms with Crippen LogP contribution in [0.1, 0.15) is 15.9 Å². The molecule has 0 fully saturated rings. The van der Waals surface area contributed by atoms with Crippen LogP contribution in [0.4, 0.5) is 5.69 Å². The lowest BCUT2D eigenvalue weighted by Crippen LogP contribution is -2.37. The van der Waals surface area contributed by atoms with Crippen LogP contribution in [0.15, 0.2) is 66.0 Å². The molecular weight excluding hydrogens is 316 g/mol. The monoisotopic (exact) mass is 330 g/mol. The largest absolute Gasteiger partial charge is 0.298 e. The topological polar surface area (TPSA) is 74.7 Å². The van der Waals surface area contributed by atoms with E-state index in [1.165, 1.54) is 11.1 Å². The zero-order chi connectivity index (χ0) is 17.2. The third-order valence-electron chi connectivity index (χ3n) is 4.04. The first kappa shape index (κ1) is 15.0. The molecule has 1 aliphatic rings. The average molecular weight is 330 g/mol. The number of hydrogen-bond acceptors (Lipinski definition) is 4. The number of nitrogens with one attached hydrogen (secondary N) is 1. The van der Waals surface area contributed by atoms with Crippen LogP contribution in [-0.4, -0.2) is 29.6 Å². The quantitative estimate of drug-likeness (QED) is 0.589. The second-order valence-electron chi connectivity index (χ2n) is 5.65. The van der Waals surface area contributed by atoms with Crippen molar-refractivity contribution in [3.8, 4) is 0 Å². The maximum Gasteiger partial charge on any atom is 0.260 e. The Labute approximate surface area is 143 Å². The number of rotatable bonds is 4. The minimum atomic E-state index is -0.363. The number of pyridine rings is 1. The van der Waals surface area contributed by atoms with E-state index in [2.05, 4.69) is 15.5 Å². The lowest BCUT2D eigenvalue weighted by molar-refractivity contribution is -0.119. The Balaban J connectivity index is 1.50. The van der Waals surface area contributed by atoms with E-state index in [9.17, 15) is 9.59 Å². The van der Waals surface area contributed by atoms with Crippen molar-refractivity contribution in [2.24, 2.45) is 5.10 Å². The number of anilines is 1. The number of aromatic nitrogens is 1. The summed E-state index contributed by atoms with van der Waals surface area (Å²) < 4.78 is 0. The van der Waals surface area contributed by atoms with E-state index in [0.29, 0.717) is 5.56 Å². The maximum absolute atomic E-state index is 12.6. The second kappa shape index (κ2) is 6.16. The molecule has 6 heteroatoms. The van der Waals surface area contributed by atoms with Gasteiger partial charge in [-0.3, -0.25) is 19.5 Å². The average Bonchev–Trinajstić information content (AvgIpc) is 2.91. The van der Waals surface area contributed by atoms with Crippen LogP contribution in [0.5, 0.6) is 0 Å². The van der Waals surface area contributed by atoms with Crippen molar-refractivity contribution >= 4 is 34.5 Å². The van der Waals surface area contributed by atoms with Gasteiger partial charge >= 0.3 is 0 Å². The SMILES string of the molecule is O=C(CN1C(=O)c2cccc3cccc1c23)N/N=C/c1cccnc1. The molecule has 0 aliphatic carbocycles. The third-order valence-corrected chi connectivity index (χ3v) is 4.04. The van der Waals surface area contributed by atoms with E-state index in [1.54, 1.807) is 24.5 Å². The summed E-state index contributed by atoms with van der Waals surface area (Å²) in [5.74, 6) is -0.531. The molecule has 2 amide bonds. The van der Waals surface area contributed by atoms with E-state index in [4.69, 9.17) is 0 Å². The van der Waals surface area contributed by atoms with Crippen LogP contribution in [0.25, 0.3) is 10.8 Å². The summed E-state index contributed by atoms with van der Waals surface area (Å²) in [6.45, 7) is -0.0863. The minimum absolute atomic E-state index is 0.0863. The number of hydrazone groups is 1. The standard InChI is InChI=1S/C19H14N4O2/c24-17(22-21-11-13-4-3-9-20-10-13)12-23-16-8-2-6-14-5-1-7-15(18(14)16)19(23)25/h1-11H,12H2,(H,22,24)/b21-11+. The summed E-state index contributed by atoms with van der Waals surface area (Å²) in [6, 6.07) is 14.9. The summed E-state index contributed by atoms with van der Waals surface area (Å²) in [6.07, 6.45) is 4.80. The molecule has 0 saturated carbocycles. The number of hydrogen-bond donors (Lipinski definition) is 1. The van der Waals surface area contributed by atoms with E-state index in [-0.39, 0.29) is 18.4 Å². The highest BCUT2D eigenvalue weighted by molar-refractivity contribution is 6.26. The van der Waals surface area contributed by atoms with E-state index >= 15 is 0 Å². The maximum atomic E-state index is 12.6. The van der Waals surface area contributed by atoms with Crippen LogP contribution in [0, 0.1) is 0 Å². The molecule has 4 rings (SSSR count). The van der Waals surface area contributed by atoms with Crippen LogP contribution in [0.3, 0.4) is 0 Å². The normalized spacial score (nSPS) is 13.0. The molecule has 1 N–H and O–H groups in total. The first-order chi connectivity index (χ1) is 12.2. The van der Waals surface area contributed by atoms with Crippen molar-refractivity contribution in [2.45, 2.75) is 0 Å². The Morgan fingerprint density at radius 3 is 2.80 bits per heavy atom. The highest BCUT2D eigenvalue weighted by atomic mass is 16.2. The predicted octanol–water partition coefficient (Wildman–Crippen LogP) is 2.35. The summed E-state index contributed by atoms with van der Waals surface area (Å²) in [4.78, 5) is 30.2. The van der Waals surface area contributed by atoms with Crippen molar-refractivity contribution in [3.63, 3.8) is 0 Å². The molecule has 25 heavy (non-hydrogen) atoms. The molecule has 2 heterocycles. The smallest absolute Gasteiger partial charge is 0.260 e. The van der Waals surface area contributed by atoms with Crippen molar-refractivity contribution in [2.75, 3.05) is 11.4 Å². The first-order valence-corrected chi connectivity index (χ1v) is 7.79. The molecule has 1 aromatic heterocycles. The van der Waals surface area contributed by atoms with Crippen molar-refractivity contribution < 1.29 is 9.59 Å². The molecule has 0 spiro atoms. The highest BCUT2D eigenvalue weighted by Crippen LogP contribution is 2.36. The lowest BCUT2D eigenvalue weighted by atomic mass is 10.1. The van der Waals surface area contributed by atoms with Gasteiger partial charge in [-0.15, -0.1) is 0 Å². The van der Waals surface area contributed by atoms with Gasteiger partial charge in [0.05, 0.1) is 11.9 Å². The van der Waals surface area contributed by atoms with Gasteiger partial charge in [-0.2, -0.15) is 5.10 Å². The Morgan fingerprint density at radius 2 is 2.00 bits per heavy atom. The fourth-order valence-corrected chi connectivity index (χ4v) is 2.95. The van der Waals surface area contributed by atoms with E-state index in [1.807, 2.05) is 36.4 Å². The van der Waals surface area contributed by atoms with Gasteiger partial charge in [0.15, 0.2) is 0 Å². The molecule has 0 unspecified atom stereocenters. The van der Waals surface area contributed by atoms with Gasteiger partial charge < -0.3 is 0 Å². The van der Waals surface area contributed by atoms with Crippen LogP contribution < -0.4 is 10.3 Å². The third kappa shape index (κ3) is 2.74. The van der Waals surface area contributed by atoms with Gasteiger partial charge in [0.2, 0.25) is 0 Å². The molecule has 122 valence electrons. The Morgan fingerprint density at radius 1 is 1.16 bits per heavy atom. The van der Waals surface area contributed by atoms with Gasteiger partial charge in [0, 0.05) is 28.9 Å². The number of carbonyl (C=O) groups is 2. The predicted molar refractivity (Wildman–Crippen MR) is 95.6 cm³/mol. The highest BCUT2D eigenvalue weighted by Gasteiger charge is 2.30. The molecule has 2 aromatic carbocycles. The molecule has 6 nitrogen and oxygen atoms in total. The molecular formula is C19H14N4O2. The van der Waals surface area contributed by atoms with Crippen LogP contribution in [0.2, 0.25) is 0 Å². The van der Waals surface area contributed by atoms with Gasteiger partial charge in [-0.1, -0.05) is 30.3 Å². The van der Waals surface area contributed by atoms with Gasteiger partial charge in [-0.05, 0) is 23.6 Å². The fraction of sp³-hybridized carbons (Fsp3) is 0.0526. The molecule has 3 aromatic rings. The molecule has 0 atom stereocenters. The van der Waals surface area contributed by atoms with Crippen molar-refractivity contribution in [1.29, 1.82) is 0 Å². The fourth-order valence-electron chi connectivity index (χ4n) is 2.95. The second-order valence-corrected chi connectivity index (χ2v) is 5.65. The van der Waals surface area contributed by atoms with Gasteiger partial charge in [-0.25, -0.2) is 5.43 Å². The van der Waals surface area contributed by atoms with Gasteiger partial charge in [0.25, 0.3) is 11.8 Å². The molecule has 0 radical (unpaired) electrons. The lowest BCUT2D eigenvalue weighted by Gasteiger charge is -2.16. The molecule has 0 bridgehead atoms. The van der Waals surface area contributed by atoms with Crippen molar-refractivity contribution in [3.05, 3.63) is 72.1 Å². The number of carbonyl (C=O) groups excluding carboxylic acids is 2. The van der Waals surface area contributed by atoms with Gasteiger partial charge in [0.1, 0.15) is 6.54 Å². The van der Waals surface area contributed by atoms with Crippen LogP contribution in [-0.2, 0) is 4.79 Å². The Hall–Kier alpha value is -3.54. The number of benzene rings is 2.